The van der Waals surface area contributed by atoms with E-state index in [0.29, 0.717) is 0 Å². The number of nitrogens with zero attached hydrogens (tertiary/aromatic N) is 1. The minimum Gasteiger partial charge on any atom is -0.371 e. The van der Waals surface area contributed by atoms with Crippen LogP contribution in [0.3, 0.4) is 0 Å². The van der Waals surface area contributed by atoms with Gasteiger partial charge < -0.3 is 10.6 Å². The van der Waals surface area contributed by atoms with Crippen molar-refractivity contribution in [2.75, 3.05) is 18.0 Å². The standard InChI is InChI=1S/C15H22N2/c1-2-14(16)13-9-11-5-3-7-17-8-4-6-12(10-13)15(11)17/h9-10,14H,2-8,16H2,1H3. The summed E-state index contributed by atoms with van der Waals surface area (Å²) in [5.41, 5.74) is 12.2. The van der Waals surface area contributed by atoms with Crippen molar-refractivity contribution in [3.8, 4) is 0 Å². The first kappa shape index (κ1) is 11.1. The second kappa shape index (κ2) is 4.34. The molecule has 0 saturated carbocycles. The molecule has 1 unspecified atom stereocenters. The van der Waals surface area contributed by atoms with E-state index < -0.39 is 0 Å². The summed E-state index contributed by atoms with van der Waals surface area (Å²) in [5.74, 6) is 0. The Labute approximate surface area is 104 Å². The molecule has 1 aromatic carbocycles. The molecule has 2 N–H and O–H groups in total. The lowest BCUT2D eigenvalue weighted by Gasteiger charge is -2.37. The quantitative estimate of drug-likeness (QED) is 0.846. The highest BCUT2D eigenvalue weighted by atomic mass is 15.1. The van der Waals surface area contributed by atoms with E-state index in [1.54, 1.807) is 16.8 Å². The van der Waals surface area contributed by atoms with Crippen LogP contribution in [-0.2, 0) is 12.8 Å². The van der Waals surface area contributed by atoms with E-state index in [4.69, 9.17) is 5.73 Å². The molecule has 3 rings (SSSR count). The Kier molecular flexibility index (Phi) is 2.83. The van der Waals surface area contributed by atoms with Gasteiger partial charge in [0.25, 0.3) is 0 Å². The number of rotatable bonds is 2. The van der Waals surface area contributed by atoms with E-state index in [9.17, 15) is 0 Å². The smallest absolute Gasteiger partial charge is 0.0431 e. The van der Waals surface area contributed by atoms with Gasteiger partial charge in [-0.25, -0.2) is 0 Å². The van der Waals surface area contributed by atoms with Gasteiger partial charge in [0, 0.05) is 24.8 Å². The lowest BCUT2D eigenvalue weighted by atomic mass is 9.88. The maximum atomic E-state index is 6.19. The molecule has 0 bridgehead atoms. The summed E-state index contributed by atoms with van der Waals surface area (Å²) in [6.45, 7) is 4.67. The lowest BCUT2D eigenvalue weighted by Crippen LogP contribution is -2.34. The van der Waals surface area contributed by atoms with Crippen LogP contribution in [0.25, 0.3) is 0 Å². The zero-order valence-electron chi connectivity index (χ0n) is 10.7. The van der Waals surface area contributed by atoms with Crippen LogP contribution >= 0.6 is 0 Å². The first-order valence-corrected chi connectivity index (χ1v) is 6.96. The Morgan fingerprint density at radius 2 is 1.76 bits per heavy atom. The van der Waals surface area contributed by atoms with Crippen LogP contribution < -0.4 is 10.6 Å². The van der Waals surface area contributed by atoms with Gasteiger partial charge in [-0.3, -0.25) is 0 Å². The monoisotopic (exact) mass is 230 g/mol. The van der Waals surface area contributed by atoms with E-state index in [1.165, 1.54) is 44.3 Å². The van der Waals surface area contributed by atoms with Crippen molar-refractivity contribution in [2.24, 2.45) is 5.73 Å². The molecule has 2 aliphatic heterocycles. The number of aryl methyl sites for hydroxylation is 2. The maximum absolute atomic E-state index is 6.19. The number of hydrogen-bond acceptors (Lipinski definition) is 2. The van der Waals surface area contributed by atoms with Gasteiger partial charge in [0.15, 0.2) is 0 Å². The van der Waals surface area contributed by atoms with Crippen molar-refractivity contribution < 1.29 is 0 Å². The van der Waals surface area contributed by atoms with E-state index in [2.05, 4.69) is 24.0 Å². The second-order valence-corrected chi connectivity index (χ2v) is 5.40. The van der Waals surface area contributed by atoms with E-state index in [-0.39, 0.29) is 6.04 Å². The van der Waals surface area contributed by atoms with Gasteiger partial charge in [-0.2, -0.15) is 0 Å². The fourth-order valence-electron chi connectivity index (χ4n) is 3.28. The van der Waals surface area contributed by atoms with Crippen LogP contribution in [-0.4, -0.2) is 13.1 Å². The molecule has 0 radical (unpaired) electrons. The number of hydrogen-bond donors (Lipinski definition) is 1. The van der Waals surface area contributed by atoms with Crippen molar-refractivity contribution in [3.63, 3.8) is 0 Å². The third-order valence-corrected chi connectivity index (χ3v) is 4.22. The van der Waals surface area contributed by atoms with Gasteiger partial charge in [0.05, 0.1) is 0 Å². The van der Waals surface area contributed by atoms with Gasteiger partial charge in [0.1, 0.15) is 0 Å². The van der Waals surface area contributed by atoms with Gasteiger partial charge in [0.2, 0.25) is 0 Å². The number of nitrogens with two attached hydrogens (primary N) is 1. The molecule has 0 aliphatic carbocycles. The molecule has 92 valence electrons. The summed E-state index contributed by atoms with van der Waals surface area (Å²) < 4.78 is 0. The molecule has 17 heavy (non-hydrogen) atoms. The van der Waals surface area contributed by atoms with E-state index in [1.807, 2.05) is 0 Å². The van der Waals surface area contributed by atoms with Crippen LogP contribution in [0.1, 0.15) is 48.9 Å². The molecular weight excluding hydrogens is 208 g/mol. The first-order valence-electron chi connectivity index (χ1n) is 6.96. The third kappa shape index (κ3) is 1.85. The normalized spacial score (nSPS) is 20.0. The van der Waals surface area contributed by atoms with Crippen molar-refractivity contribution in [2.45, 2.75) is 45.1 Å². The van der Waals surface area contributed by atoms with Crippen LogP contribution in [0.4, 0.5) is 5.69 Å². The minimum atomic E-state index is 0.217. The van der Waals surface area contributed by atoms with Gasteiger partial charge in [-0.05, 0) is 48.8 Å². The Hall–Kier alpha value is -1.02. The minimum absolute atomic E-state index is 0.217. The van der Waals surface area contributed by atoms with Gasteiger partial charge in [-0.1, -0.05) is 19.1 Å². The fourth-order valence-corrected chi connectivity index (χ4v) is 3.28. The Morgan fingerprint density at radius 1 is 1.18 bits per heavy atom. The molecule has 0 spiro atoms. The SMILES string of the molecule is CCC(N)c1cc2c3c(c1)CCCN3CCC2. The summed E-state index contributed by atoms with van der Waals surface area (Å²) in [7, 11) is 0. The third-order valence-electron chi connectivity index (χ3n) is 4.22. The summed E-state index contributed by atoms with van der Waals surface area (Å²) in [6, 6.07) is 4.95. The summed E-state index contributed by atoms with van der Waals surface area (Å²) in [4.78, 5) is 2.58. The van der Waals surface area contributed by atoms with Gasteiger partial charge in [-0.15, -0.1) is 0 Å². The molecule has 0 aromatic heterocycles. The average molecular weight is 230 g/mol. The number of anilines is 1. The highest BCUT2D eigenvalue weighted by Gasteiger charge is 2.24. The van der Waals surface area contributed by atoms with Crippen LogP contribution in [0, 0.1) is 0 Å². The fraction of sp³-hybridized carbons (Fsp3) is 0.600. The second-order valence-electron chi connectivity index (χ2n) is 5.40. The average Bonchev–Trinajstić information content (AvgIpc) is 2.38. The zero-order chi connectivity index (χ0) is 11.8. The Morgan fingerprint density at radius 3 is 2.29 bits per heavy atom. The molecule has 2 nitrogen and oxygen atoms in total. The van der Waals surface area contributed by atoms with Crippen LogP contribution in [0.2, 0.25) is 0 Å². The number of benzene rings is 1. The molecule has 0 saturated heterocycles. The summed E-state index contributed by atoms with van der Waals surface area (Å²) in [6.07, 6.45) is 6.11. The summed E-state index contributed by atoms with van der Waals surface area (Å²) >= 11 is 0. The van der Waals surface area contributed by atoms with E-state index >= 15 is 0 Å². The van der Waals surface area contributed by atoms with Crippen molar-refractivity contribution in [1.82, 2.24) is 0 Å². The molecule has 2 aliphatic rings. The van der Waals surface area contributed by atoms with Crippen molar-refractivity contribution in [1.29, 1.82) is 0 Å². The summed E-state index contributed by atoms with van der Waals surface area (Å²) in [5, 5.41) is 0. The topological polar surface area (TPSA) is 29.3 Å². The van der Waals surface area contributed by atoms with Crippen molar-refractivity contribution >= 4 is 5.69 Å². The highest BCUT2D eigenvalue weighted by molar-refractivity contribution is 5.64. The predicted molar refractivity (Wildman–Crippen MR) is 72.5 cm³/mol. The van der Waals surface area contributed by atoms with E-state index in [0.717, 1.165) is 6.42 Å². The molecule has 2 heteroatoms. The molecule has 1 aromatic rings. The molecule has 0 amide bonds. The molecule has 2 heterocycles. The zero-order valence-corrected chi connectivity index (χ0v) is 10.7. The van der Waals surface area contributed by atoms with Crippen LogP contribution in [0.15, 0.2) is 12.1 Å². The lowest BCUT2D eigenvalue weighted by molar-refractivity contribution is 0.627. The molecular formula is C15H22N2. The first-order chi connectivity index (χ1) is 8.29. The maximum Gasteiger partial charge on any atom is 0.0431 e. The van der Waals surface area contributed by atoms with Crippen LogP contribution in [0.5, 0.6) is 0 Å². The molecule has 1 atom stereocenters. The van der Waals surface area contributed by atoms with Crippen molar-refractivity contribution in [3.05, 3.63) is 28.8 Å². The predicted octanol–water partition coefficient (Wildman–Crippen LogP) is 2.80. The largest absolute Gasteiger partial charge is 0.371 e. The highest BCUT2D eigenvalue weighted by Crippen LogP contribution is 2.37. The Bertz CT molecular complexity index is 394. The molecule has 0 fully saturated rings. The van der Waals surface area contributed by atoms with Gasteiger partial charge >= 0.3 is 0 Å². The Balaban J connectivity index is 2.08.